The zero-order valence-corrected chi connectivity index (χ0v) is 10.3. The molecule has 0 aromatic rings. The van der Waals surface area contributed by atoms with Gasteiger partial charge in [-0.25, -0.2) is 0 Å². The van der Waals surface area contributed by atoms with E-state index in [2.05, 4.69) is 25.3 Å². The maximum Gasteiger partial charge on any atom is 0.194 e. The van der Waals surface area contributed by atoms with Crippen LogP contribution in [0.2, 0.25) is 19.6 Å². The average Bonchev–Trinajstić information content (AvgIpc) is 1.55. The van der Waals surface area contributed by atoms with Gasteiger partial charge in [-0.05, 0) is 0 Å². The summed E-state index contributed by atoms with van der Waals surface area (Å²) in [4.78, 5) is 0. The Hall–Kier alpha value is 0.827. The van der Waals surface area contributed by atoms with Crippen LogP contribution in [0, 0.1) is 0 Å². The second-order valence-corrected chi connectivity index (χ2v) is 11.2. The molecular weight excluding hydrogens is 219 g/mol. The van der Waals surface area contributed by atoms with Crippen LogP contribution in [0.15, 0.2) is 11.8 Å². The first-order chi connectivity index (χ1) is 4.71. The zero-order valence-electron chi connectivity index (χ0n) is 7.00. The fourth-order valence-electron chi connectivity index (χ4n) is 0.546. The Kier molecular flexibility index (Phi) is 4.49. The molecule has 0 N–H and O–H groups in total. The van der Waals surface area contributed by atoms with E-state index in [9.17, 15) is 0 Å². The van der Waals surface area contributed by atoms with Gasteiger partial charge in [0.2, 0.25) is 0 Å². The smallest absolute Gasteiger partial charge is 0.0988 e. The van der Waals surface area contributed by atoms with Crippen LogP contribution in [0.5, 0.6) is 0 Å². The van der Waals surface area contributed by atoms with E-state index in [0.29, 0.717) is 6.42 Å². The molecule has 0 amide bonds. The molecule has 0 rings (SSSR count). The van der Waals surface area contributed by atoms with Gasteiger partial charge in [0.15, 0.2) is 3.79 Å². The monoisotopic (exact) mass is 230 g/mol. The van der Waals surface area contributed by atoms with E-state index < -0.39 is 11.9 Å². The molecule has 4 heteroatoms. The number of halogens is 3. The second-order valence-electron chi connectivity index (χ2n) is 3.59. The van der Waals surface area contributed by atoms with E-state index >= 15 is 0 Å². The summed E-state index contributed by atoms with van der Waals surface area (Å²) in [6, 6.07) is 0. The summed E-state index contributed by atoms with van der Waals surface area (Å²) in [7, 11) is -1.11. The molecule has 0 unspecified atom stereocenters. The fraction of sp³-hybridized carbons (Fsp3) is 0.714. The van der Waals surface area contributed by atoms with Crippen LogP contribution >= 0.6 is 34.8 Å². The Morgan fingerprint density at radius 2 is 1.64 bits per heavy atom. The predicted molar refractivity (Wildman–Crippen MR) is 57.4 cm³/mol. The van der Waals surface area contributed by atoms with Gasteiger partial charge in [-0.2, -0.15) is 0 Å². The zero-order chi connectivity index (χ0) is 9.12. The molecule has 0 nitrogen and oxygen atoms in total. The minimum absolute atomic E-state index is 0.502. The largest absolute Gasteiger partial charge is 0.194 e. The normalized spacial score (nSPS) is 14.4. The summed E-state index contributed by atoms with van der Waals surface area (Å²) < 4.78 is -1.13. The average molecular weight is 232 g/mol. The fourth-order valence-corrected chi connectivity index (χ4v) is 1.64. The van der Waals surface area contributed by atoms with Gasteiger partial charge < -0.3 is 0 Å². The summed E-state index contributed by atoms with van der Waals surface area (Å²) in [6.07, 6.45) is 2.46. The Balaban J connectivity index is 3.80. The highest BCUT2D eigenvalue weighted by atomic mass is 35.6. The number of alkyl halides is 3. The molecule has 0 bridgehead atoms. The molecule has 0 aliphatic carbocycles. The number of allylic oxidation sites excluding steroid dienone is 1. The lowest BCUT2D eigenvalue weighted by Gasteiger charge is -2.10. The van der Waals surface area contributed by atoms with Crippen molar-refractivity contribution in [1.82, 2.24) is 0 Å². The maximum atomic E-state index is 5.56. The molecule has 0 aliphatic heterocycles. The van der Waals surface area contributed by atoms with E-state index in [1.54, 1.807) is 0 Å². The van der Waals surface area contributed by atoms with E-state index in [0.717, 1.165) is 0 Å². The van der Waals surface area contributed by atoms with Crippen LogP contribution in [0.25, 0.3) is 0 Å². The van der Waals surface area contributed by atoms with Crippen LogP contribution in [0.4, 0.5) is 0 Å². The highest BCUT2D eigenvalue weighted by Gasteiger charge is 2.17. The van der Waals surface area contributed by atoms with Crippen molar-refractivity contribution in [2.24, 2.45) is 0 Å². The lowest BCUT2D eigenvalue weighted by Crippen LogP contribution is -2.15. The summed E-state index contributed by atoms with van der Waals surface area (Å²) in [6.45, 7) is 6.71. The Labute approximate surface area is 84.5 Å². The molecule has 66 valence electrons. The number of hydrogen-bond donors (Lipinski definition) is 0. The first kappa shape index (κ1) is 11.8. The second kappa shape index (κ2) is 4.17. The molecular formula is C7H13Cl3Si. The third-order valence-electron chi connectivity index (χ3n) is 0.967. The summed E-state index contributed by atoms with van der Waals surface area (Å²) in [5.74, 6) is 0. The van der Waals surface area contributed by atoms with Crippen molar-refractivity contribution in [3.63, 3.8) is 0 Å². The Bertz CT molecular complexity index is 141. The summed E-state index contributed by atoms with van der Waals surface area (Å²) in [5.41, 5.74) is 2.18. The molecule has 0 atom stereocenters. The predicted octanol–water partition coefficient (Wildman–Crippen LogP) is 4.18. The molecule has 11 heavy (non-hydrogen) atoms. The van der Waals surface area contributed by atoms with E-state index in [4.69, 9.17) is 34.8 Å². The summed E-state index contributed by atoms with van der Waals surface area (Å²) in [5, 5.41) is 0. The lowest BCUT2D eigenvalue weighted by molar-refractivity contribution is 1.08. The molecule has 0 aromatic heterocycles. The molecule has 0 radical (unpaired) electrons. The minimum atomic E-state index is -1.13. The third kappa shape index (κ3) is 10.8. The molecule has 0 saturated heterocycles. The molecule has 0 aromatic carbocycles. The van der Waals surface area contributed by atoms with Gasteiger partial charge in [0, 0.05) is 6.42 Å². The van der Waals surface area contributed by atoms with E-state index in [1.165, 1.54) is 0 Å². The molecule has 0 spiro atoms. The SMILES string of the molecule is C[Si](C)(C)/C=C/CC(Cl)(Cl)Cl. The third-order valence-corrected chi connectivity index (χ3v) is 2.67. The van der Waals surface area contributed by atoms with Crippen molar-refractivity contribution in [2.45, 2.75) is 29.9 Å². The highest BCUT2D eigenvalue weighted by Crippen LogP contribution is 2.30. The highest BCUT2D eigenvalue weighted by molar-refractivity contribution is 6.81. The maximum absolute atomic E-state index is 5.56. The van der Waals surface area contributed by atoms with Crippen LogP contribution in [0.3, 0.4) is 0 Å². The van der Waals surface area contributed by atoms with Crippen molar-refractivity contribution >= 4 is 42.9 Å². The topological polar surface area (TPSA) is 0 Å². The van der Waals surface area contributed by atoms with Gasteiger partial charge >= 0.3 is 0 Å². The van der Waals surface area contributed by atoms with Gasteiger partial charge in [0.05, 0.1) is 8.07 Å². The van der Waals surface area contributed by atoms with Gasteiger partial charge in [-0.15, -0.1) is 0 Å². The van der Waals surface area contributed by atoms with Crippen LogP contribution in [-0.2, 0) is 0 Å². The number of hydrogen-bond acceptors (Lipinski definition) is 0. The molecule has 0 heterocycles. The molecule has 0 fully saturated rings. The van der Waals surface area contributed by atoms with Crippen LogP contribution < -0.4 is 0 Å². The summed E-state index contributed by atoms with van der Waals surface area (Å²) >= 11 is 16.7. The van der Waals surface area contributed by atoms with Crippen LogP contribution in [-0.4, -0.2) is 11.9 Å². The quantitative estimate of drug-likeness (QED) is 0.494. The van der Waals surface area contributed by atoms with Gasteiger partial charge in [-0.3, -0.25) is 0 Å². The lowest BCUT2D eigenvalue weighted by atomic mass is 10.5. The van der Waals surface area contributed by atoms with E-state index in [-0.39, 0.29) is 0 Å². The van der Waals surface area contributed by atoms with Gasteiger partial charge in [0.1, 0.15) is 0 Å². The van der Waals surface area contributed by atoms with Crippen molar-refractivity contribution in [1.29, 1.82) is 0 Å². The number of rotatable bonds is 2. The standard InChI is InChI=1S/C7H13Cl3Si/c1-11(2,3)6-4-5-7(8,9)10/h4,6H,5H2,1-3H3/b6-4+. The Morgan fingerprint density at radius 1 is 1.18 bits per heavy atom. The Morgan fingerprint density at radius 3 is 1.91 bits per heavy atom. The minimum Gasteiger partial charge on any atom is -0.0988 e. The molecule has 0 saturated carbocycles. The van der Waals surface area contributed by atoms with Crippen molar-refractivity contribution < 1.29 is 0 Å². The van der Waals surface area contributed by atoms with Crippen molar-refractivity contribution in [3.05, 3.63) is 11.8 Å². The van der Waals surface area contributed by atoms with Crippen molar-refractivity contribution in [3.8, 4) is 0 Å². The first-order valence-electron chi connectivity index (χ1n) is 3.45. The first-order valence-corrected chi connectivity index (χ1v) is 8.16. The van der Waals surface area contributed by atoms with Gasteiger partial charge in [-0.1, -0.05) is 66.2 Å². The van der Waals surface area contributed by atoms with Crippen molar-refractivity contribution in [2.75, 3.05) is 0 Å². The van der Waals surface area contributed by atoms with E-state index in [1.807, 2.05) is 6.08 Å². The van der Waals surface area contributed by atoms with Crippen LogP contribution in [0.1, 0.15) is 6.42 Å². The molecule has 0 aliphatic rings. The van der Waals surface area contributed by atoms with Gasteiger partial charge in [0.25, 0.3) is 0 Å².